The molecule has 3 nitrogen and oxygen atoms in total. The highest BCUT2D eigenvalue weighted by Gasteiger charge is 2.14. The Labute approximate surface area is 85.6 Å². The molecule has 1 rings (SSSR count). The second-order valence-corrected chi connectivity index (χ2v) is 4.24. The second kappa shape index (κ2) is 4.46. The Balaban J connectivity index is 2.51. The first-order valence-corrected chi connectivity index (χ1v) is 5.00. The van der Waals surface area contributed by atoms with Gasteiger partial charge in [0.2, 0.25) is 5.91 Å². The number of furan rings is 1. The highest BCUT2D eigenvalue weighted by atomic mass is 79.9. The highest BCUT2D eigenvalue weighted by Crippen LogP contribution is 2.12. The van der Waals surface area contributed by atoms with E-state index >= 15 is 0 Å². The Kier molecular flexibility index (Phi) is 3.54. The van der Waals surface area contributed by atoms with Crippen molar-refractivity contribution < 1.29 is 9.21 Å². The molecular formula is C9H12BrNO2. The van der Waals surface area contributed by atoms with Gasteiger partial charge in [-0.15, -0.1) is 0 Å². The monoisotopic (exact) mass is 245 g/mol. The smallest absolute Gasteiger partial charge is 0.234 e. The summed E-state index contributed by atoms with van der Waals surface area (Å²) in [5.74, 6) is 0.727. The minimum absolute atomic E-state index is 0.0381. The standard InChI is InChI=1S/C9H12BrNO2/c1-6(10)9(12)11-7(2)8-4-3-5-13-8/h3-7H,1-2H3,(H,11,12)/t6?,7-/m1/s1. The summed E-state index contributed by atoms with van der Waals surface area (Å²) in [6.45, 7) is 3.66. The number of hydrogen-bond donors (Lipinski definition) is 1. The minimum atomic E-state index is -0.176. The molecule has 2 atom stereocenters. The van der Waals surface area contributed by atoms with Gasteiger partial charge in [-0.1, -0.05) is 15.9 Å². The van der Waals surface area contributed by atoms with Crippen LogP contribution in [-0.2, 0) is 4.79 Å². The second-order valence-electron chi connectivity index (χ2n) is 2.86. The predicted molar refractivity (Wildman–Crippen MR) is 53.7 cm³/mol. The molecule has 1 aromatic rings. The van der Waals surface area contributed by atoms with Crippen molar-refractivity contribution in [1.29, 1.82) is 0 Å². The van der Waals surface area contributed by atoms with Gasteiger partial charge in [0, 0.05) is 0 Å². The van der Waals surface area contributed by atoms with Crippen LogP contribution in [0.15, 0.2) is 22.8 Å². The third-order valence-electron chi connectivity index (χ3n) is 1.69. The van der Waals surface area contributed by atoms with E-state index in [2.05, 4.69) is 21.2 Å². The number of rotatable bonds is 3. The maximum Gasteiger partial charge on any atom is 0.234 e. The maximum absolute atomic E-state index is 11.2. The summed E-state index contributed by atoms with van der Waals surface area (Å²) >= 11 is 3.19. The van der Waals surface area contributed by atoms with Gasteiger partial charge in [0.1, 0.15) is 5.76 Å². The number of carbonyl (C=O) groups is 1. The van der Waals surface area contributed by atoms with Gasteiger partial charge in [-0.25, -0.2) is 0 Å². The third kappa shape index (κ3) is 2.88. The van der Waals surface area contributed by atoms with Crippen LogP contribution in [-0.4, -0.2) is 10.7 Å². The first-order chi connectivity index (χ1) is 6.11. The van der Waals surface area contributed by atoms with Gasteiger partial charge in [0.05, 0.1) is 17.1 Å². The topological polar surface area (TPSA) is 42.2 Å². The lowest BCUT2D eigenvalue weighted by atomic mass is 10.2. The lowest BCUT2D eigenvalue weighted by molar-refractivity contribution is -0.120. The van der Waals surface area contributed by atoms with Crippen molar-refractivity contribution in [2.45, 2.75) is 24.7 Å². The Morgan fingerprint density at radius 3 is 2.77 bits per heavy atom. The number of amides is 1. The zero-order valence-corrected chi connectivity index (χ0v) is 9.17. The molecule has 1 amide bonds. The summed E-state index contributed by atoms with van der Waals surface area (Å²) in [7, 11) is 0. The average molecular weight is 246 g/mol. The molecule has 4 heteroatoms. The van der Waals surface area contributed by atoms with Crippen LogP contribution in [0.3, 0.4) is 0 Å². The quantitative estimate of drug-likeness (QED) is 0.831. The Morgan fingerprint density at radius 1 is 1.62 bits per heavy atom. The number of alkyl halides is 1. The fourth-order valence-electron chi connectivity index (χ4n) is 0.937. The van der Waals surface area contributed by atoms with E-state index in [9.17, 15) is 4.79 Å². The maximum atomic E-state index is 11.2. The zero-order valence-electron chi connectivity index (χ0n) is 7.58. The van der Waals surface area contributed by atoms with Gasteiger partial charge in [0.15, 0.2) is 0 Å². The highest BCUT2D eigenvalue weighted by molar-refractivity contribution is 9.10. The number of carbonyl (C=O) groups excluding carboxylic acids is 1. The molecule has 0 saturated heterocycles. The van der Waals surface area contributed by atoms with Crippen LogP contribution >= 0.6 is 15.9 Å². The van der Waals surface area contributed by atoms with Crippen LogP contribution in [0.4, 0.5) is 0 Å². The summed E-state index contributed by atoms with van der Waals surface area (Å²) in [4.78, 5) is 11.1. The van der Waals surface area contributed by atoms with Crippen LogP contribution < -0.4 is 5.32 Å². The molecule has 72 valence electrons. The van der Waals surface area contributed by atoms with Crippen molar-refractivity contribution in [2.24, 2.45) is 0 Å². The lowest BCUT2D eigenvalue weighted by Gasteiger charge is -2.12. The molecule has 0 aromatic carbocycles. The molecule has 0 aliphatic rings. The van der Waals surface area contributed by atoms with E-state index in [0.717, 1.165) is 5.76 Å². The van der Waals surface area contributed by atoms with Gasteiger partial charge in [-0.2, -0.15) is 0 Å². The van der Waals surface area contributed by atoms with E-state index in [1.165, 1.54) is 0 Å². The van der Waals surface area contributed by atoms with Crippen molar-refractivity contribution >= 4 is 21.8 Å². The van der Waals surface area contributed by atoms with Gasteiger partial charge < -0.3 is 9.73 Å². The Morgan fingerprint density at radius 2 is 2.31 bits per heavy atom. The summed E-state index contributed by atoms with van der Waals surface area (Å²) in [6.07, 6.45) is 1.59. The molecule has 1 unspecified atom stereocenters. The van der Waals surface area contributed by atoms with Gasteiger partial charge in [-0.3, -0.25) is 4.79 Å². The van der Waals surface area contributed by atoms with Crippen molar-refractivity contribution in [2.75, 3.05) is 0 Å². The van der Waals surface area contributed by atoms with Crippen molar-refractivity contribution in [3.63, 3.8) is 0 Å². The van der Waals surface area contributed by atoms with Gasteiger partial charge >= 0.3 is 0 Å². The molecule has 0 spiro atoms. The summed E-state index contributed by atoms with van der Waals surface area (Å²) in [6, 6.07) is 3.56. The Hall–Kier alpha value is -0.770. The third-order valence-corrected chi connectivity index (χ3v) is 2.11. The zero-order chi connectivity index (χ0) is 9.84. The van der Waals surface area contributed by atoms with E-state index in [1.54, 1.807) is 19.3 Å². The lowest BCUT2D eigenvalue weighted by Crippen LogP contribution is -2.31. The van der Waals surface area contributed by atoms with Crippen molar-refractivity contribution in [1.82, 2.24) is 5.32 Å². The normalized spacial score (nSPS) is 15.0. The van der Waals surface area contributed by atoms with E-state index in [1.807, 2.05) is 13.0 Å². The fraction of sp³-hybridized carbons (Fsp3) is 0.444. The first kappa shape index (κ1) is 10.3. The molecule has 1 heterocycles. The van der Waals surface area contributed by atoms with Crippen molar-refractivity contribution in [3.8, 4) is 0 Å². The molecule has 0 aliphatic carbocycles. The minimum Gasteiger partial charge on any atom is -0.467 e. The molecule has 13 heavy (non-hydrogen) atoms. The SMILES string of the molecule is CC(Br)C(=O)N[C@H](C)c1ccco1. The van der Waals surface area contributed by atoms with E-state index in [-0.39, 0.29) is 16.8 Å². The van der Waals surface area contributed by atoms with E-state index in [0.29, 0.717) is 0 Å². The predicted octanol–water partition coefficient (Wildman–Crippen LogP) is 2.24. The molecule has 0 aliphatic heterocycles. The van der Waals surface area contributed by atoms with Crippen LogP contribution in [0.1, 0.15) is 25.6 Å². The molecular weight excluding hydrogens is 234 g/mol. The average Bonchev–Trinajstić information content (AvgIpc) is 2.55. The van der Waals surface area contributed by atoms with Crippen LogP contribution in [0.2, 0.25) is 0 Å². The van der Waals surface area contributed by atoms with Gasteiger partial charge in [-0.05, 0) is 26.0 Å². The molecule has 1 N–H and O–H groups in total. The van der Waals surface area contributed by atoms with E-state index in [4.69, 9.17) is 4.42 Å². The van der Waals surface area contributed by atoms with E-state index < -0.39 is 0 Å². The number of hydrogen-bond acceptors (Lipinski definition) is 2. The summed E-state index contributed by atoms with van der Waals surface area (Å²) in [5.41, 5.74) is 0. The first-order valence-electron chi connectivity index (χ1n) is 4.09. The fourth-order valence-corrected chi connectivity index (χ4v) is 1.07. The molecule has 0 bridgehead atoms. The molecule has 0 saturated carbocycles. The van der Waals surface area contributed by atoms with Crippen molar-refractivity contribution in [3.05, 3.63) is 24.2 Å². The van der Waals surface area contributed by atoms with Crippen LogP contribution in [0.25, 0.3) is 0 Å². The largest absolute Gasteiger partial charge is 0.467 e. The van der Waals surface area contributed by atoms with Gasteiger partial charge in [0.25, 0.3) is 0 Å². The number of nitrogens with one attached hydrogen (secondary N) is 1. The number of halogens is 1. The van der Waals surface area contributed by atoms with Crippen LogP contribution in [0, 0.1) is 0 Å². The van der Waals surface area contributed by atoms with Crippen LogP contribution in [0.5, 0.6) is 0 Å². The molecule has 1 aromatic heterocycles. The molecule has 0 fully saturated rings. The Bertz CT molecular complexity index is 269. The summed E-state index contributed by atoms with van der Waals surface area (Å²) < 4.78 is 5.15. The molecule has 0 radical (unpaired) electrons. The summed E-state index contributed by atoms with van der Waals surface area (Å²) in [5, 5.41) is 2.80.